The van der Waals surface area contributed by atoms with Crippen molar-refractivity contribution in [2.75, 3.05) is 20.7 Å². The lowest BCUT2D eigenvalue weighted by atomic mass is 10.2. The van der Waals surface area contributed by atoms with Crippen LogP contribution in [0.4, 0.5) is 0 Å². The number of rotatable bonds is 7. The first-order chi connectivity index (χ1) is 10.2. The maximum atomic E-state index is 11.9. The number of amides is 1. The van der Waals surface area contributed by atoms with E-state index in [9.17, 15) is 4.79 Å². The summed E-state index contributed by atoms with van der Waals surface area (Å²) in [6, 6.07) is 11.4. The summed E-state index contributed by atoms with van der Waals surface area (Å²) in [5.41, 5.74) is 1.04. The van der Waals surface area contributed by atoms with E-state index in [-0.39, 0.29) is 5.91 Å². The maximum Gasteiger partial charge on any atom is 0.234 e. The number of furan rings is 1. The molecular weight excluding hydrogens is 268 g/mol. The predicted octanol–water partition coefficient (Wildman–Crippen LogP) is 2.04. The number of likely N-dealkylation sites (N-methyl/N-ethyl adjacent to an activating group) is 1. The van der Waals surface area contributed by atoms with Crippen LogP contribution in [0, 0.1) is 0 Å². The molecule has 0 saturated carbocycles. The van der Waals surface area contributed by atoms with Crippen molar-refractivity contribution in [1.82, 2.24) is 10.2 Å². The van der Waals surface area contributed by atoms with Gasteiger partial charge in [-0.05, 0) is 36.9 Å². The van der Waals surface area contributed by atoms with Gasteiger partial charge in [-0.15, -0.1) is 0 Å². The molecule has 0 bridgehead atoms. The molecule has 0 unspecified atom stereocenters. The summed E-state index contributed by atoms with van der Waals surface area (Å²) in [5.74, 6) is 1.64. The molecule has 0 radical (unpaired) electrons. The zero-order valence-electron chi connectivity index (χ0n) is 12.3. The van der Waals surface area contributed by atoms with Gasteiger partial charge in [-0.25, -0.2) is 0 Å². The van der Waals surface area contributed by atoms with Gasteiger partial charge in [0.05, 0.1) is 26.5 Å². The highest BCUT2D eigenvalue weighted by molar-refractivity contribution is 5.77. The van der Waals surface area contributed by atoms with E-state index in [0.29, 0.717) is 19.6 Å². The molecule has 1 aromatic carbocycles. The Morgan fingerprint density at radius 1 is 1.29 bits per heavy atom. The van der Waals surface area contributed by atoms with Gasteiger partial charge in [0, 0.05) is 6.54 Å². The van der Waals surface area contributed by atoms with Gasteiger partial charge in [0.1, 0.15) is 11.5 Å². The molecule has 21 heavy (non-hydrogen) atoms. The Kier molecular flexibility index (Phi) is 5.40. The van der Waals surface area contributed by atoms with E-state index in [0.717, 1.165) is 17.1 Å². The molecule has 2 rings (SSSR count). The van der Waals surface area contributed by atoms with Crippen LogP contribution in [0.3, 0.4) is 0 Å². The monoisotopic (exact) mass is 288 g/mol. The average Bonchev–Trinajstić information content (AvgIpc) is 2.98. The summed E-state index contributed by atoms with van der Waals surface area (Å²) in [7, 11) is 3.52. The molecule has 1 amide bonds. The van der Waals surface area contributed by atoms with Gasteiger partial charge >= 0.3 is 0 Å². The lowest BCUT2D eigenvalue weighted by Crippen LogP contribution is -2.34. The van der Waals surface area contributed by atoms with Crippen molar-refractivity contribution in [2.45, 2.75) is 13.1 Å². The molecule has 0 atom stereocenters. The van der Waals surface area contributed by atoms with Crippen LogP contribution in [0.2, 0.25) is 0 Å². The van der Waals surface area contributed by atoms with E-state index in [1.807, 2.05) is 48.3 Å². The second-order valence-corrected chi connectivity index (χ2v) is 4.88. The lowest BCUT2D eigenvalue weighted by Gasteiger charge is -2.14. The average molecular weight is 288 g/mol. The smallest absolute Gasteiger partial charge is 0.234 e. The molecular formula is C16H20N2O3. The second-order valence-electron chi connectivity index (χ2n) is 4.88. The molecule has 5 heteroatoms. The molecule has 112 valence electrons. The fraction of sp³-hybridized carbons (Fsp3) is 0.312. The SMILES string of the molecule is COc1ccc(CNC(=O)CN(C)Cc2ccco2)cc1. The van der Waals surface area contributed by atoms with Crippen molar-refractivity contribution >= 4 is 5.91 Å². The molecule has 5 nitrogen and oxygen atoms in total. The van der Waals surface area contributed by atoms with Gasteiger partial charge in [0.25, 0.3) is 0 Å². The van der Waals surface area contributed by atoms with Crippen molar-refractivity contribution in [3.63, 3.8) is 0 Å². The molecule has 0 aliphatic carbocycles. The van der Waals surface area contributed by atoms with Crippen LogP contribution >= 0.6 is 0 Å². The Morgan fingerprint density at radius 3 is 2.67 bits per heavy atom. The first-order valence-corrected chi connectivity index (χ1v) is 6.78. The first kappa shape index (κ1) is 15.1. The molecule has 1 aromatic heterocycles. The molecule has 0 spiro atoms. The number of ether oxygens (including phenoxy) is 1. The quantitative estimate of drug-likeness (QED) is 0.847. The maximum absolute atomic E-state index is 11.9. The predicted molar refractivity (Wildman–Crippen MR) is 79.9 cm³/mol. The third kappa shape index (κ3) is 4.96. The van der Waals surface area contributed by atoms with Crippen LogP contribution in [0.15, 0.2) is 47.1 Å². The minimum absolute atomic E-state index is 0.0140. The molecule has 0 aliphatic heterocycles. The van der Waals surface area contributed by atoms with Crippen molar-refractivity contribution < 1.29 is 13.9 Å². The molecule has 1 heterocycles. The van der Waals surface area contributed by atoms with Gasteiger partial charge < -0.3 is 14.5 Å². The van der Waals surface area contributed by atoms with Gasteiger partial charge in [0.15, 0.2) is 0 Å². The minimum Gasteiger partial charge on any atom is -0.497 e. The van der Waals surface area contributed by atoms with Crippen molar-refractivity contribution in [3.05, 3.63) is 54.0 Å². The zero-order chi connectivity index (χ0) is 15.1. The Balaban J connectivity index is 1.73. The molecule has 0 aliphatic rings. The van der Waals surface area contributed by atoms with Gasteiger partial charge in [-0.3, -0.25) is 9.69 Å². The summed E-state index contributed by atoms with van der Waals surface area (Å²) in [5, 5.41) is 2.89. The number of benzene rings is 1. The third-order valence-electron chi connectivity index (χ3n) is 3.07. The number of nitrogens with one attached hydrogen (secondary N) is 1. The normalized spacial score (nSPS) is 10.6. The lowest BCUT2D eigenvalue weighted by molar-refractivity contribution is -0.122. The summed E-state index contributed by atoms with van der Waals surface area (Å²) < 4.78 is 10.3. The summed E-state index contributed by atoms with van der Waals surface area (Å²) in [4.78, 5) is 13.8. The van der Waals surface area contributed by atoms with Crippen molar-refractivity contribution in [2.24, 2.45) is 0 Å². The second kappa shape index (κ2) is 7.50. The Hall–Kier alpha value is -2.27. The number of hydrogen-bond acceptors (Lipinski definition) is 4. The Bertz CT molecular complexity index is 549. The largest absolute Gasteiger partial charge is 0.497 e. The van der Waals surface area contributed by atoms with E-state index >= 15 is 0 Å². The highest BCUT2D eigenvalue weighted by Crippen LogP contribution is 2.10. The third-order valence-corrected chi connectivity index (χ3v) is 3.07. The van der Waals surface area contributed by atoms with Gasteiger partial charge in [0.2, 0.25) is 5.91 Å². The molecule has 1 N–H and O–H groups in total. The summed E-state index contributed by atoms with van der Waals surface area (Å²) in [6.45, 7) is 1.46. The zero-order valence-corrected chi connectivity index (χ0v) is 12.3. The summed E-state index contributed by atoms with van der Waals surface area (Å²) in [6.07, 6.45) is 1.63. The molecule has 0 fully saturated rings. The number of hydrogen-bond donors (Lipinski definition) is 1. The van der Waals surface area contributed by atoms with Gasteiger partial charge in [-0.2, -0.15) is 0 Å². The number of methoxy groups -OCH3 is 1. The topological polar surface area (TPSA) is 54.7 Å². The van der Waals surface area contributed by atoms with Crippen molar-refractivity contribution in [3.8, 4) is 5.75 Å². The van der Waals surface area contributed by atoms with Crippen LogP contribution in [0.1, 0.15) is 11.3 Å². The van der Waals surface area contributed by atoms with E-state index < -0.39 is 0 Å². The fourth-order valence-electron chi connectivity index (χ4n) is 1.97. The van der Waals surface area contributed by atoms with Crippen LogP contribution < -0.4 is 10.1 Å². The highest BCUT2D eigenvalue weighted by atomic mass is 16.5. The molecule has 2 aromatic rings. The molecule has 0 saturated heterocycles. The van der Waals surface area contributed by atoms with Crippen molar-refractivity contribution in [1.29, 1.82) is 0 Å². The van der Waals surface area contributed by atoms with Crippen LogP contribution in [0.5, 0.6) is 5.75 Å². The number of carbonyl (C=O) groups is 1. The van der Waals surface area contributed by atoms with E-state index in [1.54, 1.807) is 13.4 Å². The number of nitrogens with zero attached hydrogens (tertiary/aromatic N) is 1. The van der Waals surface area contributed by atoms with Gasteiger partial charge in [-0.1, -0.05) is 12.1 Å². The van der Waals surface area contributed by atoms with E-state index in [4.69, 9.17) is 9.15 Å². The minimum atomic E-state index is -0.0140. The van der Waals surface area contributed by atoms with Crippen LogP contribution in [-0.4, -0.2) is 31.5 Å². The Labute approximate surface area is 124 Å². The van der Waals surface area contributed by atoms with E-state index in [1.165, 1.54) is 0 Å². The standard InChI is InChI=1S/C16H20N2O3/c1-18(11-15-4-3-9-21-15)12-16(19)17-10-13-5-7-14(20-2)8-6-13/h3-9H,10-12H2,1-2H3,(H,17,19). The number of carbonyl (C=O) groups excluding carboxylic acids is 1. The van der Waals surface area contributed by atoms with E-state index in [2.05, 4.69) is 5.32 Å². The van der Waals surface area contributed by atoms with Crippen LogP contribution in [0.25, 0.3) is 0 Å². The van der Waals surface area contributed by atoms with Crippen LogP contribution in [-0.2, 0) is 17.9 Å². The highest BCUT2D eigenvalue weighted by Gasteiger charge is 2.08. The summed E-state index contributed by atoms with van der Waals surface area (Å²) >= 11 is 0. The first-order valence-electron chi connectivity index (χ1n) is 6.78. The Morgan fingerprint density at radius 2 is 2.05 bits per heavy atom. The fourth-order valence-corrected chi connectivity index (χ4v) is 1.97.